The molecule has 31 heavy (non-hydrogen) atoms. The molecule has 158 valence electrons. The summed E-state index contributed by atoms with van der Waals surface area (Å²) in [6, 6.07) is 4.11. The summed E-state index contributed by atoms with van der Waals surface area (Å²) in [5.41, 5.74) is 4.80. The van der Waals surface area contributed by atoms with E-state index in [1.165, 1.54) is 0 Å². The average Bonchev–Trinajstić information content (AvgIpc) is 3.32. The molecule has 1 aromatic carbocycles. The lowest BCUT2D eigenvalue weighted by atomic mass is 9.88. The summed E-state index contributed by atoms with van der Waals surface area (Å²) in [6.45, 7) is 8.01. The monoisotopic (exact) mass is 486 g/mol. The molecule has 0 atom stereocenters. The van der Waals surface area contributed by atoms with Crippen LogP contribution in [0.25, 0.3) is 11.1 Å². The van der Waals surface area contributed by atoms with E-state index in [4.69, 9.17) is 12.2 Å². The highest BCUT2D eigenvalue weighted by molar-refractivity contribution is 8.27. The molecule has 0 unspecified atom stereocenters. The van der Waals surface area contributed by atoms with Gasteiger partial charge in [0.2, 0.25) is 0 Å². The standard InChI is InChI=1S/C21H18N4O2S4/c1-9-5-12-11(8-29-20-24-23-10(2)30-20)7-21(3,4)25-15(12)13(6-9)14(18(25)27)16-17(26)22-19(28)31-16/h5-7H,8H2,1-4H3,(H,22,26,28)/b16-14-. The maximum atomic E-state index is 13.6. The van der Waals surface area contributed by atoms with Gasteiger partial charge in [-0.2, -0.15) is 0 Å². The van der Waals surface area contributed by atoms with Crippen LogP contribution in [0.4, 0.5) is 5.69 Å². The first-order valence-electron chi connectivity index (χ1n) is 9.58. The summed E-state index contributed by atoms with van der Waals surface area (Å²) in [7, 11) is 0. The Kier molecular flexibility index (Phi) is 4.89. The van der Waals surface area contributed by atoms with Gasteiger partial charge in [0.15, 0.2) is 4.34 Å². The fraction of sp³-hybridized carbons (Fsp3) is 0.286. The maximum absolute atomic E-state index is 13.6. The van der Waals surface area contributed by atoms with E-state index in [1.807, 2.05) is 38.7 Å². The summed E-state index contributed by atoms with van der Waals surface area (Å²) in [6.07, 6.45) is 2.15. The molecule has 0 spiro atoms. The Morgan fingerprint density at radius 2 is 1.94 bits per heavy atom. The second-order valence-corrected chi connectivity index (χ2v) is 12.2. The van der Waals surface area contributed by atoms with Crippen LogP contribution in [0.3, 0.4) is 0 Å². The van der Waals surface area contributed by atoms with Crippen molar-refractivity contribution in [2.75, 3.05) is 10.7 Å². The molecule has 1 saturated heterocycles. The van der Waals surface area contributed by atoms with Crippen LogP contribution in [0.5, 0.6) is 0 Å². The third-order valence-electron chi connectivity index (χ3n) is 5.32. The molecule has 4 heterocycles. The van der Waals surface area contributed by atoms with Gasteiger partial charge in [-0.3, -0.25) is 14.5 Å². The van der Waals surface area contributed by atoms with E-state index < -0.39 is 5.54 Å². The normalized spacial score (nSPS) is 21.5. The number of anilines is 1. The summed E-state index contributed by atoms with van der Waals surface area (Å²) in [5, 5.41) is 11.9. The first-order chi connectivity index (χ1) is 14.7. The predicted octanol–water partition coefficient (Wildman–Crippen LogP) is 4.33. The molecule has 0 saturated carbocycles. The highest BCUT2D eigenvalue weighted by atomic mass is 32.2. The molecule has 2 amide bonds. The Morgan fingerprint density at radius 3 is 2.58 bits per heavy atom. The molecule has 0 bridgehead atoms. The van der Waals surface area contributed by atoms with Gasteiger partial charge < -0.3 is 5.32 Å². The number of nitrogens with one attached hydrogen (secondary N) is 1. The zero-order valence-corrected chi connectivity index (χ0v) is 20.5. The fourth-order valence-corrected chi connectivity index (χ4v) is 7.12. The minimum Gasteiger partial charge on any atom is -0.307 e. The molecule has 2 aromatic rings. The molecule has 10 heteroatoms. The quantitative estimate of drug-likeness (QED) is 0.393. The number of hydrogen-bond acceptors (Lipinski definition) is 8. The van der Waals surface area contributed by atoms with E-state index in [0.29, 0.717) is 14.8 Å². The van der Waals surface area contributed by atoms with E-state index >= 15 is 0 Å². The molecular weight excluding hydrogens is 469 g/mol. The Bertz CT molecular complexity index is 1260. The van der Waals surface area contributed by atoms with Crippen LogP contribution in [-0.2, 0) is 9.59 Å². The number of aromatic nitrogens is 2. The van der Waals surface area contributed by atoms with Gasteiger partial charge in [-0.15, -0.1) is 10.2 Å². The van der Waals surface area contributed by atoms with Crippen LogP contribution < -0.4 is 10.2 Å². The lowest BCUT2D eigenvalue weighted by molar-refractivity contribution is -0.116. The number of amides is 2. The minimum atomic E-state index is -0.538. The van der Waals surface area contributed by atoms with Gasteiger partial charge in [0.05, 0.1) is 21.7 Å². The number of thiocarbonyl (C=S) groups is 1. The molecule has 3 aliphatic rings. The third-order valence-corrected chi connectivity index (χ3v) is 8.57. The number of carbonyl (C=O) groups is 2. The van der Waals surface area contributed by atoms with Crippen molar-refractivity contribution in [1.82, 2.24) is 15.5 Å². The molecule has 1 aromatic heterocycles. The highest BCUT2D eigenvalue weighted by Gasteiger charge is 2.47. The number of hydrogen-bond donors (Lipinski definition) is 1. The van der Waals surface area contributed by atoms with Crippen molar-refractivity contribution in [3.8, 4) is 0 Å². The number of rotatable bonds is 3. The van der Waals surface area contributed by atoms with Crippen molar-refractivity contribution in [3.63, 3.8) is 0 Å². The lowest BCUT2D eigenvalue weighted by Gasteiger charge is -2.39. The van der Waals surface area contributed by atoms with Crippen molar-refractivity contribution in [1.29, 1.82) is 0 Å². The Hall–Kier alpha value is -2.01. The number of thioether (sulfide) groups is 2. The third kappa shape index (κ3) is 3.36. The zero-order chi connectivity index (χ0) is 22.1. The van der Waals surface area contributed by atoms with Crippen LogP contribution in [-0.4, -0.2) is 37.6 Å². The predicted molar refractivity (Wildman–Crippen MR) is 131 cm³/mol. The molecule has 3 aliphatic heterocycles. The maximum Gasteiger partial charge on any atom is 0.264 e. The average molecular weight is 487 g/mol. The minimum absolute atomic E-state index is 0.156. The molecule has 0 radical (unpaired) electrons. The van der Waals surface area contributed by atoms with E-state index in [2.05, 4.69) is 27.7 Å². The Morgan fingerprint density at radius 1 is 1.19 bits per heavy atom. The molecule has 5 rings (SSSR count). The number of benzene rings is 1. The van der Waals surface area contributed by atoms with Crippen LogP contribution >= 0.6 is 47.1 Å². The van der Waals surface area contributed by atoms with Gasteiger partial charge in [0, 0.05) is 16.9 Å². The summed E-state index contributed by atoms with van der Waals surface area (Å²) >= 11 is 9.55. The second kappa shape index (κ2) is 7.26. The lowest BCUT2D eigenvalue weighted by Crippen LogP contribution is -2.46. The van der Waals surface area contributed by atoms with Crippen molar-refractivity contribution < 1.29 is 9.59 Å². The van der Waals surface area contributed by atoms with Gasteiger partial charge >= 0.3 is 0 Å². The molecular formula is C21H18N4O2S4. The first kappa shape index (κ1) is 20.9. The highest BCUT2D eigenvalue weighted by Crippen LogP contribution is 2.52. The van der Waals surface area contributed by atoms with Crippen molar-refractivity contribution in [2.24, 2.45) is 0 Å². The van der Waals surface area contributed by atoms with Crippen LogP contribution in [0.2, 0.25) is 0 Å². The van der Waals surface area contributed by atoms with Gasteiger partial charge in [-0.05, 0) is 51.0 Å². The number of nitrogens with zero attached hydrogens (tertiary/aromatic N) is 3. The van der Waals surface area contributed by atoms with Crippen molar-refractivity contribution >= 4 is 80.0 Å². The smallest absolute Gasteiger partial charge is 0.264 e. The van der Waals surface area contributed by atoms with Gasteiger partial charge in [-0.1, -0.05) is 53.2 Å². The van der Waals surface area contributed by atoms with Gasteiger partial charge in [0.1, 0.15) is 9.33 Å². The Labute approximate surface area is 197 Å². The first-order valence-corrected chi connectivity index (χ1v) is 12.6. The summed E-state index contributed by atoms with van der Waals surface area (Å²) in [4.78, 5) is 28.3. The zero-order valence-electron chi connectivity index (χ0n) is 17.2. The summed E-state index contributed by atoms with van der Waals surface area (Å²) in [5.74, 6) is 0.264. The SMILES string of the molecule is Cc1cc2c3c(c1)/C(=C1/SC(=S)NC1=O)C(=O)N3C(C)(C)C=C2CSc1nnc(C)s1. The summed E-state index contributed by atoms with van der Waals surface area (Å²) < 4.78 is 1.30. The van der Waals surface area contributed by atoms with Crippen LogP contribution in [0, 0.1) is 13.8 Å². The van der Waals surface area contributed by atoms with Crippen LogP contribution in [0.1, 0.15) is 35.5 Å². The van der Waals surface area contributed by atoms with E-state index in [1.54, 1.807) is 23.1 Å². The van der Waals surface area contributed by atoms with Crippen molar-refractivity contribution in [2.45, 2.75) is 37.6 Å². The molecule has 1 fully saturated rings. The van der Waals surface area contributed by atoms with Crippen molar-refractivity contribution in [3.05, 3.63) is 44.8 Å². The molecule has 6 nitrogen and oxygen atoms in total. The molecule has 1 N–H and O–H groups in total. The van der Waals surface area contributed by atoms with E-state index in [9.17, 15) is 9.59 Å². The van der Waals surface area contributed by atoms with E-state index in [0.717, 1.165) is 54.8 Å². The van der Waals surface area contributed by atoms with Gasteiger partial charge in [-0.25, -0.2) is 0 Å². The Balaban J connectivity index is 1.66. The topological polar surface area (TPSA) is 75.2 Å². The number of carbonyl (C=O) groups excluding carboxylic acids is 2. The molecule has 0 aliphatic carbocycles. The van der Waals surface area contributed by atoms with Gasteiger partial charge in [0.25, 0.3) is 11.8 Å². The number of aryl methyl sites for hydroxylation is 2. The second-order valence-electron chi connectivity index (χ2n) is 8.10. The largest absolute Gasteiger partial charge is 0.307 e. The van der Waals surface area contributed by atoms with Crippen LogP contribution in [0.15, 0.2) is 27.5 Å². The van der Waals surface area contributed by atoms with E-state index in [-0.39, 0.29) is 11.8 Å². The fourth-order valence-electron chi connectivity index (χ4n) is 4.20.